The molecule has 0 aromatic carbocycles. The highest BCUT2D eigenvalue weighted by molar-refractivity contribution is 8.02. The van der Waals surface area contributed by atoms with Crippen LogP contribution >= 0.6 is 11.8 Å². The third kappa shape index (κ3) is 5.38. The average Bonchev–Trinajstić information content (AvgIpc) is 3.34. The number of unbranched alkanes of at least 4 members (excludes halogenated alkanes) is 1. The van der Waals surface area contributed by atoms with Gasteiger partial charge >= 0.3 is 5.97 Å². The summed E-state index contributed by atoms with van der Waals surface area (Å²) in [5.41, 5.74) is -0.504. The lowest BCUT2D eigenvalue weighted by atomic mass is 9.66. The molecule has 2 unspecified atom stereocenters. The monoisotopic (exact) mass is 534 g/mol. The Kier molecular flexibility index (Phi) is 8.65. The summed E-state index contributed by atoms with van der Waals surface area (Å²) >= 11 is 1.63. The van der Waals surface area contributed by atoms with E-state index in [0.717, 1.165) is 19.3 Å². The minimum atomic E-state index is -0.748. The lowest BCUT2D eigenvalue weighted by molar-refractivity contribution is -0.155. The number of aliphatic hydroxyl groups is 1. The molecule has 3 rings (SSSR count). The third-order valence-electron chi connectivity index (χ3n) is 8.17. The number of β-amino-alcohol motifs (C(OH)–C–C–N with tert-alkyl or cyclic N) is 1. The van der Waals surface area contributed by atoms with Gasteiger partial charge in [0.2, 0.25) is 11.8 Å². The van der Waals surface area contributed by atoms with E-state index in [1.165, 1.54) is 0 Å². The minimum absolute atomic E-state index is 0.0191. The van der Waals surface area contributed by atoms with Gasteiger partial charge in [0, 0.05) is 23.4 Å². The third-order valence-corrected chi connectivity index (χ3v) is 10.2. The summed E-state index contributed by atoms with van der Waals surface area (Å²) in [7, 11) is 0. The Morgan fingerprint density at radius 1 is 1.22 bits per heavy atom. The maximum absolute atomic E-state index is 14.5. The fraction of sp³-hybridized carbons (Fsp3) is 0.759. The van der Waals surface area contributed by atoms with Crippen LogP contribution in [0.1, 0.15) is 73.6 Å². The van der Waals surface area contributed by atoms with Crippen LogP contribution in [0.4, 0.5) is 0 Å². The Balaban J connectivity index is 2.01. The number of amides is 2. The smallest absolute Gasteiger partial charge is 0.311 e. The molecule has 3 heterocycles. The van der Waals surface area contributed by atoms with Crippen LogP contribution in [-0.4, -0.2) is 80.1 Å². The van der Waals surface area contributed by atoms with E-state index < -0.39 is 32.9 Å². The number of rotatable bonds is 12. The number of allylic oxidation sites excluding steroid dienone is 1. The summed E-state index contributed by atoms with van der Waals surface area (Å²) < 4.78 is 4.47. The molecule has 5 atom stereocenters. The van der Waals surface area contributed by atoms with Crippen LogP contribution < -0.4 is 0 Å². The molecule has 3 saturated heterocycles. The zero-order chi connectivity index (χ0) is 27.8. The topological polar surface area (TPSA) is 87.1 Å². The number of hydrogen-bond acceptors (Lipinski definition) is 6. The van der Waals surface area contributed by atoms with E-state index in [1.807, 2.05) is 11.8 Å². The van der Waals surface area contributed by atoms with Crippen molar-refractivity contribution in [3.05, 3.63) is 25.3 Å². The van der Waals surface area contributed by atoms with Gasteiger partial charge in [0.15, 0.2) is 0 Å². The highest BCUT2D eigenvalue weighted by atomic mass is 32.2. The maximum Gasteiger partial charge on any atom is 0.311 e. The first-order valence-corrected chi connectivity index (χ1v) is 14.3. The van der Waals surface area contributed by atoms with Crippen molar-refractivity contribution in [2.24, 2.45) is 17.3 Å². The van der Waals surface area contributed by atoms with Gasteiger partial charge in [0.1, 0.15) is 6.04 Å². The van der Waals surface area contributed by atoms with E-state index in [9.17, 15) is 19.5 Å². The number of hydrogen-bond donors (Lipinski definition) is 1. The first-order chi connectivity index (χ1) is 17.2. The van der Waals surface area contributed by atoms with Crippen molar-refractivity contribution >= 4 is 29.5 Å². The maximum atomic E-state index is 14.5. The number of likely N-dealkylation sites (tertiary alicyclic amines) is 1. The van der Waals surface area contributed by atoms with Gasteiger partial charge in [-0.3, -0.25) is 14.4 Å². The second-order valence-corrected chi connectivity index (χ2v) is 14.8. The summed E-state index contributed by atoms with van der Waals surface area (Å²) in [6.07, 6.45) is 7.13. The minimum Gasteiger partial charge on any atom is -0.465 e. The van der Waals surface area contributed by atoms with Gasteiger partial charge in [-0.1, -0.05) is 32.9 Å². The molecule has 1 N–H and O–H groups in total. The van der Waals surface area contributed by atoms with Gasteiger partial charge < -0.3 is 19.6 Å². The number of fused-ring (bicyclic) bond motifs is 1. The summed E-state index contributed by atoms with van der Waals surface area (Å²) in [5.74, 6) is -1.96. The second kappa shape index (κ2) is 10.8. The quantitative estimate of drug-likeness (QED) is 0.229. The molecule has 8 heteroatoms. The van der Waals surface area contributed by atoms with Gasteiger partial charge in [-0.05, 0) is 58.3 Å². The lowest BCUT2D eigenvalue weighted by Gasteiger charge is -2.45. The molecule has 37 heavy (non-hydrogen) atoms. The molecule has 2 bridgehead atoms. The number of ether oxygens (including phenoxy) is 1. The molecule has 3 fully saturated rings. The van der Waals surface area contributed by atoms with Gasteiger partial charge in [-0.25, -0.2) is 0 Å². The summed E-state index contributed by atoms with van der Waals surface area (Å²) in [4.78, 5) is 45.3. The van der Waals surface area contributed by atoms with Crippen molar-refractivity contribution in [1.82, 2.24) is 9.80 Å². The van der Waals surface area contributed by atoms with E-state index in [2.05, 4.69) is 47.8 Å². The van der Waals surface area contributed by atoms with Gasteiger partial charge in [-0.15, -0.1) is 24.9 Å². The summed E-state index contributed by atoms with van der Waals surface area (Å²) in [6, 6.07) is -0.748. The van der Waals surface area contributed by atoms with Crippen molar-refractivity contribution in [2.45, 2.75) is 94.7 Å². The normalized spacial score (nSPS) is 30.8. The Morgan fingerprint density at radius 2 is 1.89 bits per heavy atom. The van der Waals surface area contributed by atoms with E-state index in [-0.39, 0.29) is 43.0 Å². The highest BCUT2D eigenvalue weighted by Crippen LogP contribution is 2.71. The summed E-state index contributed by atoms with van der Waals surface area (Å²) in [6.45, 7) is 20.7. The van der Waals surface area contributed by atoms with E-state index in [1.54, 1.807) is 28.8 Å². The fourth-order valence-electron chi connectivity index (χ4n) is 7.21. The molecular weight excluding hydrogens is 488 g/mol. The molecule has 7 nitrogen and oxygen atoms in total. The van der Waals surface area contributed by atoms with E-state index in [4.69, 9.17) is 4.74 Å². The van der Waals surface area contributed by atoms with Crippen molar-refractivity contribution < 1.29 is 24.2 Å². The van der Waals surface area contributed by atoms with Crippen LogP contribution in [0.5, 0.6) is 0 Å². The molecule has 0 aromatic heterocycles. The predicted molar refractivity (Wildman–Crippen MR) is 148 cm³/mol. The van der Waals surface area contributed by atoms with Crippen LogP contribution in [0.25, 0.3) is 0 Å². The molecule has 2 amide bonds. The molecule has 1 spiro atoms. The Morgan fingerprint density at radius 3 is 2.46 bits per heavy atom. The van der Waals surface area contributed by atoms with Gasteiger partial charge in [-0.2, -0.15) is 0 Å². The number of thioether (sulfide) groups is 1. The van der Waals surface area contributed by atoms with Gasteiger partial charge in [0.05, 0.1) is 29.8 Å². The van der Waals surface area contributed by atoms with Crippen molar-refractivity contribution in [1.29, 1.82) is 0 Å². The molecule has 208 valence electrons. The number of carbonyl (C=O) groups excluding carboxylic acids is 3. The standard InChI is InChI=1S/C29H46N2O5S/c1-9-11-12-18-36-25(35)21-20-23(33)30(16-17-32)22(29(20)14-13-28(21,8)37-29)24(34)31(15-10-2)27(6,7)19-26(3,4)5/h9-10,20-22,32H,1-2,11-19H2,3-8H3/t20-,21+,22?,28-,29?/m0/s1. The van der Waals surface area contributed by atoms with Crippen molar-refractivity contribution in [3.8, 4) is 0 Å². The molecule has 0 aromatic rings. The van der Waals surface area contributed by atoms with Crippen LogP contribution in [0, 0.1) is 17.3 Å². The lowest BCUT2D eigenvalue weighted by Crippen LogP contribution is -2.60. The highest BCUT2D eigenvalue weighted by Gasteiger charge is 2.77. The van der Waals surface area contributed by atoms with E-state index >= 15 is 0 Å². The fourth-order valence-corrected chi connectivity index (χ4v) is 9.55. The first kappa shape index (κ1) is 29.8. The molecule has 3 aliphatic rings. The number of aliphatic hydroxyl groups excluding tert-OH is 1. The van der Waals surface area contributed by atoms with E-state index in [0.29, 0.717) is 19.4 Å². The Labute approximate surface area is 227 Å². The van der Waals surface area contributed by atoms with Crippen molar-refractivity contribution in [2.75, 3.05) is 26.3 Å². The average molecular weight is 535 g/mol. The first-order valence-electron chi connectivity index (χ1n) is 13.5. The van der Waals surface area contributed by atoms with Crippen LogP contribution in [0.15, 0.2) is 25.3 Å². The number of carbonyl (C=O) groups is 3. The van der Waals surface area contributed by atoms with Crippen LogP contribution in [0.2, 0.25) is 0 Å². The molecule has 0 saturated carbocycles. The molecule has 0 aliphatic carbocycles. The Bertz CT molecular complexity index is 928. The zero-order valence-corrected chi connectivity index (χ0v) is 24.4. The zero-order valence-electron chi connectivity index (χ0n) is 23.5. The number of esters is 1. The summed E-state index contributed by atoms with van der Waals surface area (Å²) in [5, 5.41) is 9.88. The molecule has 3 aliphatic heterocycles. The second-order valence-electron chi connectivity index (χ2n) is 12.9. The van der Waals surface area contributed by atoms with Crippen LogP contribution in [-0.2, 0) is 19.1 Å². The Hall–Kier alpha value is -1.80. The number of nitrogens with zero attached hydrogens (tertiary/aromatic N) is 2. The molecule has 0 radical (unpaired) electrons. The SMILES string of the molecule is C=CCCCOC(=O)[C@H]1[C@H]2C(=O)N(CCO)C(C(=O)N(CC=C)C(C)(C)CC(C)(C)C)C23CC[C@]1(C)S3. The van der Waals surface area contributed by atoms with Crippen molar-refractivity contribution in [3.63, 3.8) is 0 Å². The van der Waals surface area contributed by atoms with Crippen LogP contribution in [0.3, 0.4) is 0 Å². The predicted octanol–water partition coefficient (Wildman–Crippen LogP) is 4.20. The van der Waals surface area contributed by atoms with Gasteiger partial charge in [0.25, 0.3) is 0 Å². The largest absolute Gasteiger partial charge is 0.465 e. The molecular formula is C29H46N2O5S.